The Bertz CT molecular complexity index is 391. The van der Waals surface area contributed by atoms with Gasteiger partial charge in [0.2, 0.25) is 5.91 Å². The van der Waals surface area contributed by atoms with Gasteiger partial charge >= 0.3 is 0 Å². The first-order chi connectivity index (χ1) is 8.47. The van der Waals surface area contributed by atoms with Crippen molar-refractivity contribution < 1.29 is 4.79 Å². The zero-order valence-electron chi connectivity index (χ0n) is 11.4. The summed E-state index contributed by atoms with van der Waals surface area (Å²) in [5.74, 6) is 0.374. The highest BCUT2D eigenvalue weighted by Gasteiger charge is 2.21. The second-order valence-corrected chi connectivity index (χ2v) is 5.05. The third-order valence-electron chi connectivity index (χ3n) is 3.45. The summed E-state index contributed by atoms with van der Waals surface area (Å²) in [6.45, 7) is 4.55. The van der Waals surface area contributed by atoms with Crippen LogP contribution in [0.15, 0.2) is 24.3 Å². The standard InChI is InChI=1S/C14H21ClN2O/c1-10(12-5-7-13(15)8-6-12)11(2)17(4)14(18)9-16-3/h5-8,10-11,16H,9H2,1-4H3. The first kappa shape index (κ1) is 15.0. The molecule has 100 valence electrons. The highest BCUT2D eigenvalue weighted by Crippen LogP contribution is 2.23. The summed E-state index contributed by atoms with van der Waals surface area (Å²) >= 11 is 5.88. The molecular weight excluding hydrogens is 248 g/mol. The third-order valence-corrected chi connectivity index (χ3v) is 3.70. The zero-order chi connectivity index (χ0) is 13.7. The molecule has 1 aromatic rings. The summed E-state index contributed by atoms with van der Waals surface area (Å²) in [7, 11) is 3.62. The molecular formula is C14H21ClN2O. The van der Waals surface area contributed by atoms with E-state index in [2.05, 4.69) is 19.2 Å². The molecule has 0 saturated carbocycles. The first-order valence-electron chi connectivity index (χ1n) is 6.13. The number of hydrogen-bond acceptors (Lipinski definition) is 2. The Morgan fingerprint density at radius 3 is 2.39 bits per heavy atom. The van der Waals surface area contributed by atoms with Crippen molar-refractivity contribution in [3.63, 3.8) is 0 Å². The van der Waals surface area contributed by atoms with Gasteiger partial charge in [0.15, 0.2) is 0 Å². The van der Waals surface area contributed by atoms with Crippen LogP contribution >= 0.6 is 11.6 Å². The summed E-state index contributed by atoms with van der Waals surface area (Å²) in [6, 6.07) is 7.94. The van der Waals surface area contributed by atoms with E-state index >= 15 is 0 Å². The zero-order valence-corrected chi connectivity index (χ0v) is 12.2. The molecule has 0 heterocycles. The molecule has 2 unspecified atom stereocenters. The van der Waals surface area contributed by atoms with Crippen LogP contribution < -0.4 is 5.32 Å². The van der Waals surface area contributed by atoms with Gasteiger partial charge in [0.25, 0.3) is 0 Å². The minimum absolute atomic E-state index is 0.103. The van der Waals surface area contributed by atoms with Crippen molar-refractivity contribution in [3.05, 3.63) is 34.9 Å². The SMILES string of the molecule is CNCC(=O)N(C)C(C)C(C)c1ccc(Cl)cc1. The highest BCUT2D eigenvalue weighted by atomic mass is 35.5. The topological polar surface area (TPSA) is 32.3 Å². The van der Waals surface area contributed by atoms with Crippen LogP contribution in [0, 0.1) is 0 Å². The highest BCUT2D eigenvalue weighted by molar-refractivity contribution is 6.30. The minimum Gasteiger partial charge on any atom is -0.341 e. The molecule has 0 aliphatic carbocycles. The fourth-order valence-corrected chi connectivity index (χ4v) is 2.01. The molecule has 0 bridgehead atoms. The number of amides is 1. The Morgan fingerprint density at radius 2 is 1.89 bits per heavy atom. The maximum absolute atomic E-state index is 11.8. The number of benzene rings is 1. The van der Waals surface area contributed by atoms with Gasteiger partial charge in [-0.25, -0.2) is 0 Å². The summed E-state index contributed by atoms with van der Waals surface area (Å²) in [5.41, 5.74) is 1.19. The van der Waals surface area contributed by atoms with Crippen LogP contribution in [0.2, 0.25) is 5.02 Å². The van der Waals surface area contributed by atoms with Crippen molar-refractivity contribution in [2.45, 2.75) is 25.8 Å². The predicted molar refractivity (Wildman–Crippen MR) is 76.0 cm³/mol. The number of nitrogens with zero attached hydrogens (tertiary/aromatic N) is 1. The maximum atomic E-state index is 11.8. The molecule has 4 heteroatoms. The molecule has 1 aromatic carbocycles. The molecule has 0 radical (unpaired) electrons. The molecule has 1 amide bonds. The smallest absolute Gasteiger partial charge is 0.236 e. The molecule has 0 fully saturated rings. The average Bonchev–Trinajstić information content (AvgIpc) is 2.37. The number of halogens is 1. The second kappa shape index (κ2) is 6.76. The van der Waals surface area contributed by atoms with E-state index in [4.69, 9.17) is 11.6 Å². The van der Waals surface area contributed by atoms with E-state index in [-0.39, 0.29) is 17.9 Å². The Kier molecular flexibility index (Phi) is 5.63. The van der Waals surface area contributed by atoms with Crippen molar-refractivity contribution in [1.29, 1.82) is 0 Å². The number of nitrogens with one attached hydrogen (secondary N) is 1. The van der Waals surface area contributed by atoms with Crippen LogP contribution in [-0.2, 0) is 4.79 Å². The Morgan fingerprint density at radius 1 is 1.33 bits per heavy atom. The van der Waals surface area contributed by atoms with Crippen LogP contribution in [-0.4, -0.2) is 37.5 Å². The molecule has 0 aliphatic rings. The second-order valence-electron chi connectivity index (χ2n) is 4.62. The summed E-state index contributed by atoms with van der Waals surface area (Å²) in [5, 5.41) is 3.62. The summed E-state index contributed by atoms with van der Waals surface area (Å²) in [4.78, 5) is 13.6. The van der Waals surface area contributed by atoms with E-state index in [9.17, 15) is 4.79 Å². The van der Waals surface area contributed by atoms with E-state index in [0.717, 1.165) is 5.02 Å². The molecule has 1 rings (SSSR count). The molecule has 0 aliphatic heterocycles. The monoisotopic (exact) mass is 268 g/mol. The molecule has 18 heavy (non-hydrogen) atoms. The molecule has 3 nitrogen and oxygen atoms in total. The molecule has 0 spiro atoms. The lowest BCUT2D eigenvalue weighted by Gasteiger charge is -2.30. The van der Waals surface area contributed by atoms with Crippen molar-refractivity contribution in [1.82, 2.24) is 10.2 Å². The maximum Gasteiger partial charge on any atom is 0.236 e. The average molecular weight is 269 g/mol. The lowest BCUT2D eigenvalue weighted by molar-refractivity contribution is -0.130. The van der Waals surface area contributed by atoms with Crippen molar-refractivity contribution in [3.8, 4) is 0 Å². The normalized spacial score (nSPS) is 14.1. The molecule has 2 atom stereocenters. The summed E-state index contributed by atoms with van der Waals surface area (Å²) < 4.78 is 0. The van der Waals surface area contributed by atoms with Gasteiger partial charge in [0.1, 0.15) is 0 Å². The van der Waals surface area contributed by atoms with Crippen LogP contribution in [0.1, 0.15) is 25.3 Å². The fraction of sp³-hybridized carbons (Fsp3) is 0.500. The number of carbonyl (C=O) groups excluding carboxylic acids is 1. The number of hydrogen-bond donors (Lipinski definition) is 1. The van der Waals surface area contributed by atoms with E-state index in [0.29, 0.717) is 6.54 Å². The first-order valence-corrected chi connectivity index (χ1v) is 6.51. The van der Waals surface area contributed by atoms with Gasteiger partial charge in [-0.1, -0.05) is 30.7 Å². The van der Waals surface area contributed by atoms with E-state index < -0.39 is 0 Å². The van der Waals surface area contributed by atoms with Gasteiger partial charge < -0.3 is 10.2 Å². The van der Waals surface area contributed by atoms with E-state index in [1.807, 2.05) is 31.3 Å². The van der Waals surface area contributed by atoms with Crippen LogP contribution in [0.4, 0.5) is 0 Å². The minimum atomic E-state index is 0.103. The quantitative estimate of drug-likeness (QED) is 0.890. The Labute approximate surface area is 114 Å². The molecule has 0 aromatic heterocycles. The van der Waals surface area contributed by atoms with Crippen LogP contribution in [0.5, 0.6) is 0 Å². The van der Waals surface area contributed by atoms with E-state index in [1.54, 1.807) is 11.9 Å². The summed E-state index contributed by atoms with van der Waals surface area (Å²) in [6.07, 6.45) is 0. The predicted octanol–water partition coefficient (Wildman–Crippen LogP) is 2.51. The largest absolute Gasteiger partial charge is 0.341 e. The van der Waals surface area contributed by atoms with Gasteiger partial charge in [0, 0.05) is 24.0 Å². The fourth-order valence-electron chi connectivity index (χ4n) is 1.88. The van der Waals surface area contributed by atoms with Gasteiger partial charge in [-0.2, -0.15) is 0 Å². The van der Waals surface area contributed by atoms with Crippen molar-refractivity contribution in [2.75, 3.05) is 20.6 Å². The Hall–Kier alpha value is -1.06. The van der Waals surface area contributed by atoms with Crippen molar-refractivity contribution >= 4 is 17.5 Å². The number of rotatable bonds is 5. The molecule has 1 N–H and O–H groups in total. The Balaban J connectivity index is 2.74. The van der Waals surface area contributed by atoms with Gasteiger partial charge in [-0.05, 0) is 31.7 Å². The molecule has 0 saturated heterocycles. The van der Waals surface area contributed by atoms with Gasteiger partial charge in [0.05, 0.1) is 6.54 Å². The number of likely N-dealkylation sites (N-methyl/N-ethyl adjacent to an activating group) is 2. The lowest BCUT2D eigenvalue weighted by atomic mass is 9.93. The lowest BCUT2D eigenvalue weighted by Crippen LogP contribution is -2.42. The third kappa shape index (κ3) is 3.72. The van der Waals surface area contributed by atoms with Gasteiger partial charge in [-0.3, -0.25) is 4.79 Å². The van der Waals surface area contributed by atoms with Crippen molar-refractivity contribution in [2.24, 2.45) is 0 Å². The van der Waals surface area contributed by atoms with Crippen LogP contribution in [0.3, 0.4) is 0 Å². The van der Waals surface area contributed by atoms with E-state index in [1.165, 1.54) is 5.56 Å². The number of carbonyl (C=O) groups is 1. The van der Waals surface area contributed by atoms with Crippen LogP contribution in [0.25, 0.3) is 0 Å². The van der Waals surface area contributed by atoms with Gasteiger partial charge in [-0.15, -0.1) is 0 Å².